The summed E-state index contributed by atoms with van der Waals surface area (Å²) >= 11 is 0. The molecular formula is C15H25BrN2. The quantitative estimate of drug-likeness (QED) is 0.691. The van der Waals surface area contributed by atoms with Gasteiger partial charge in [0.05, 0.1) is 39.3 Å². The van der Waals surface area contributed by atoms with Gasteiger partial charge in [-0.3, -0.25) is 0 Å². The van der Waals surface area contributed by atoms with E-state index in [1.807, 2.05) is 0 Å². The van der Waals surface area contributed by atoms with Crippen LogP contribution < -0.4 is 21.9 Å². The Morgan fingerprint density at radius 1 is 1.11 bits per heavy atom. The Hall–Kier alpha value is -0.540. The maximum absolute atomic E-state index is 2.54. The first-order chi connectivity index (χ1) is 8.19. The molecule has 2 nitrogen and oxygen atoms in total. The fraction of sp³-hybridized carbons (Fsp3) is 0.600. The van der Waals surface area contributed by atoms with Gasteiger partial charge in [0.1, 0.15) is 0 Å². The summed E-state index contributed by atoms with van der Waals surface area (Å²) in [6.07, 6.45) is 0. The Morgan fingerprint density at radius 3 is 2.22 bits per heavy atom. The first kappa shape index (κ1) is 15.5. The second-order valence-corrected chi connectivity index (χ2v) is 5.25. The van der Waals surface area contributed by atoms with Gasteiger partial charge in [0.25, 0.3) is 0 Å². The van der Waals surface area contributed by atoms with Gasteiger partial charge in [0.15, 0.2) is 0 Å². The molecule has 1 fully saturated rings. The number of hydrogen-bond donors (Lipinski definition) is 0. The van der Waals surface area contributed by atoms with Crippen LogP contribution >= 0.6 is 0 Å². The van der Waals surface area contributed by atoms with Crippen molar-refractivity contribution in [3.05, 3.63) is 29.8 Å². The zero-order valence-electron chi connectivity index (χ0n) is 11.8. The molecule has 0 N–H and O–H groups in total. The van der Waals surface area contributed by atoms with Crippen LogP contribution in [0.1, 0.15) is 19.4 Å². The number of likely N-dealkylation sites (N-methyl/N-ethyl adjacent to an activating group) is 1. The minimum Gasteiger partial charge on any atom is -1.00 e. The summed E-state index contributed by atoms with van der Waals surface area (Å²) in [5, 5.41) is 0. The SMILES string of the molecule is CC[N+]1(CC)CCN(c2cccc(C)c2)CC1.[Br-]. The van der Waals surface area contributed by atoms with Gasteiger partial charge in [-0.25, -0.2) is 0 Å². The molecule has 0 spiro atoms. The molecule has 0 aromatic heterocycles. The number of hydrogen-bond acceptors (Lipinski definition) is 1. The van der Waals surface area contributed by atoms with Crippen LogP contribution in [0.5, 0.6) is 0 Å². The topological polar surface area (TPSA) is 3.24 Å². The van der Waals surface area contributed by atoms with Crippen LogP contribution in [0.3, 0.4) is 0 Å². The molecule has 1 saturated heterocycles. The number of quaternary nitrogens is 1. The molecule has 1 aliphatic heterocycles. The monoisotopic (exact) mass is 312 g/mol. The zero-order chi connectivity index (χ0) is 12.3. The largest absolute Gasteiger partial charge is 1.00 e. The third-order valence-corrected chi connectivity index (χ3v) is 4.40. The average Bonchev–Trinajstić information content (AvgIpc) is 2.39. The van der Waals surface area contributed by atoms with Gasteiger partial charge in [-0.1, -0.05) is 12.1 Å². The summed E-state index contributed by atoms with van der Waals surface area (Å²) in [6, 6.07) is 8.88. The summed E-state index contributed by atoms with van der Waals surface area (Å²) in [5.41, 5.74) is 2.76. The van der Waals surface area contributed by atoms with Crippen LogP contribution in [-0.2, 0) is 0 Å². The van der Waals surface area contributed by atoms with Crippen molar-refractivity contribution in [1.29, 1.82) is 0 Å². The van der Waals surface area contributed by atoms with Crippen molar-refractivity contribution in [3.63, 3.8) is 0 Å². The van der Waals surface area contributed by atoms with Crippen LogP contribution in [0.25, 0.3) is 0 Å². The number of halogens is 1. The average molecular weight is 313 g/mol. The van der Waals surface area contributed by atoms with Gasteiger partial charge in [0.2, 0.25) is 0 Å². The first-order valence-electron chi connectivity index (χ1n) is 6.86. The Morgan fingerprint density at radius 2 is 1.72 bits per heavy atom. The predicted octanol–water partition coefficient (Wildman–Crippen LogP) is -0.324. The summed E-state index contributed by atoms with van der Waals surface area (Å²) in [6.45, 7) is 14.4. The smallest absolute Gasteiger partial charge is 0.0965 e. The molecular weight excluding hydrogens is 288 g/mol. The lowest BCUT2D eigenvalue weighted by molar-refractivity contribution is -0.925. The second-order valence-electron chi connectivity index (χ2n) is 5.25. The van der Waals surface area contributed by atoms with Crippen molar-refractivity contribution in [1.82, 2.24) is 0 Å². The molecule has 2 rings (SSSR count). The van der Waals surface area contributed by atoms with Crippen LogP contribution in [0, 0.1) is 6.92 Å². The van der Waals surface area contributed by atoms with Gasteiger partial charge < -0.3 is 26.4 Å². The number of piperazine rings is 1. The van der Waals surface area contributed by atoms with E-state index in [9.17, 15) is 0 Å². The standard InChI is InChI=1S/C15H25N2.BrH/c1-4-17(5-2)11-9-16(10-12-17)15-8-6-7-14(3)13-15;/h6-8,13H,4-5,9-12H2,1-3H3;1H/q+1;/p-1. The van der Waals surface area contributed by atoms with Crippen LogP contribution in [0.15, 0.2) is 24.3 Å². The van der Waals surface area contributed by atoms with Crippen molar-refractivity contribution in [3.8, 4) is 0 Å². The molecule has 0 saturated carbocycles. The normalized spacial score (nSPS) is 18.3. The van der Waals surface area contributed by atoms with E-state index >= 15 is 0 Å². The fourth-order valence-electron chi connectivity index (χ4n) is 2.83. The molecule has 102 valence electrons. The molecule has 1 aromatic rings. The third kappa shape index (κ3) is 3.27. The minimum atomic E-state index is 0. The lowest BCUT2D eigenvalue weighted by Crippen LogP contribution is -3.00. The van der Waals surface area contributed by atoms with E-state index in [0.717, 1.165) is 0 Å². The van der Waals surface area contributed by atoms with Gasteiger partial charge in [-0.05, 0) is 38.5 Å². The van der Waals surface area contributed by atoms with E-state index in [1.165, 1.54) is 55.0 Å². The number of benzene rings is 1. The summed E-state index contributed by atoms with van der Waals surface area (Å²) in [4.78, 5) is 2.54. The van der Waals surface area contributed by atoms with Gasteiger partial charge in [0, 0.05) is 5.69 Å². The molecule has 0 bridgehead atoms. The van der Waals surface area contributed by atoms with E-state index in [2.05, 4.69) is 49.9 Å². The van der Waals surface area contributed by atoms with Gasteiger partial charge in [-0.15, -0.1) is 0 Å². The lowest BCUT2D eigenvalue weighted by Gasteiger charge is -2.44. The maximum Gasteiger partial charge on any atom is 0.0965 e. The number of anilines is 1. The van der Waals surface area contributed by atoms with Crippen LogP contribution in [0.4, 0.5) is 5.69 Å². The molecule has 0 atom stereocenters. The Balaban J connectivity index is 0.00000162. The van der Waals surface area contributed by atoms with Gasteiger partial charge >= 0.3 is 0 Å². The van der Waals surface area contributed by atoms with Crippen molar-refractivity contribution in [2.45, 2.75) is 20.8 Å². The first-order valence-corrected chi connectivity index (χ1v) is 6.86. The van der Waals surface area contributed by atoms with Crippen LogP contribution in [0.2, 0.25) is 0 Å². The molecule has 0 radical (unpaired) electrons. The molecule has 1 aliphatic rings. The fourth-order valence-corrected chi connectivity index (χ4v) is 2.83. The predicted molar refractivity (Wildman–Crippen MR) is 74.5 cm³/mol. The number of nitrogens with zero attached hydrogens (tertiary/aromatic N) is 2. The highest BCUT2D eigenvalue weighted by Gasteiger charge is 2.29. The Labute approximate surface area is 122 Å². The molecule has 18 heavy (non-hydrogen) atoms. The number of aryl methyl sites for hydroxylation is 1. The van der Waals surface area contributed by atoms with Crippen molar-refractivity contribution < 1.29 is 21.5 Å². The summed E-state index contributed by atoms with van der Waals surface area (Å²) in [7, 11) is 0. The van der Waals surface area contributed by atoms with Gasteiger partial charge in [-0.2, -0.15) is 0 Å². The molecule has 3 heteroatoms. The van der Waals surface area contributed by atoms with E-state index in [0.29, 0.717) is 0 Å². The van der Waals surface area contributed by atoms with E-state index in [-0.39, 0.29) is 17.0 Å². The van der Waals surface area contributed by atoms with Crippen LogP contribution in [-0.4, -0.2) is 43.8 Å². The van der Waals surface area contributed by atoms with E-state index < -0.39 is 0 Å². The maximum atomic E-state index is 2.54. The summed E-state index contributed by atoms with van der Waals surface area (Å²) in [5.74, 6) is 0. The zero-order valence-corrected chi connectivity index (χ0v) is 13.4. The van der Waals surface area contributed by atoms with E-state index in [4.69, 9.17) is 0 Å². The molecule has 1 heterocycles. The second kappa shape index (κ2) is 6.58. The van der Waals surface area contributed by atoms with Crippen molar-refractivity contribution in [2.24, 2.45) is 0 Å². The molecule has 0 unspecified atom stereocenters. The Kier molecular flexibility index (Phi) is 5.67. The lowest BCUT2D eigenvalue weighted by atomic mass is 10.1. The van der Waals surface area contributed by atoms with E-state index in [1.54, 1.807) is 0 Å². The molecule has 0 amide bonds. The molecule has 1 aromatic carbocycles. The third-order valence-electron chi connectivity index (χ3n) is 4.40. The minimum absolute atomic E-state index is 0. The molecule has 0 aliphatic carbocycles. The highest BCUT2D eigenvalue weighted by Crippen LogP contribution is 2.20. The highest BCUT2D eigenvalue weighted by molar-refractivity contribution is 5.48. The summed E-state index contributed by atoms with van der Waals surface area (Å²) < 4.78 is 1.29. The van der Waals surface area contributed by atoms with Crippen molar-refractivity contribution in [2.75, 3.05) is 44.2 Å². The van der Waals surface area contributed by atoms with Crippen molar-refractivity contribution >= 4 is 5.69 Å². The number of rotatable bonds is 3. The highest BCUT2D eigenvalue weighted by atomic mass is 79.9. The Bertz CT molecular complexity index is 365.